The summed E-state index contributed by atoms with van der Waals surface area (Å²) in [5, 5.41) is 2.91. The Morgan fingerprint density at radius 1 is 1.17 bits per heavy atom. The Morgan fingerprint density at radius 2 is 1.94 bits per heavy atom. The third-order valence-electron chi connectivity index (χ3n) is 2.66. The summed E-state index contributed by atoms with van der Waals surface area (Å²) >= 11 is 0. The van der Waals surface area contributed by atoms with Crippen molar-refractivity contribution in [2.24, 2.45) is 0 Å². The van der Waals surface area contributed by atoms with E-state index in [1.807, 2.05) is 30.3 Å². The van der Waals surface area contributed by atoms with Crippen LogP contribution in [0.25, 0.3) is 0 Å². The third-order valence-corrected chi connectivity index (χ3v) is 2.66. The lowest BCUT2D eigenvalue weighted by Crippen LogP contribution is -2.25. The van der Waals surface area contributed by atoms with E-state index in [0.717, 1.165) is 31.4 Å². The van der Waals surface area contributed by atoms with E-state index in [1.54, 1.807) is 0 Å². The third kappa shape index (κ3) is 6.94. The average Bonchev–Trinajstić information content (AvgIpc) is 2.40. The number of hydrogen-bond acceptors (Lipinski definition) is 2. The van der Waals surface area contributed by atoms with Gasteiger partial charge in [0.2, 0.25) is 5.91 Å². The number of ether oxygens (including phenoxy) is 1. The van der Waals surface area contributed by atoms with Gasteiger partial charge in [0.25, 0.3) is 0 Å². The van der Waals surface area contributed by atoms with Crippen molar-refractivity contribution in [3.63, 3.8) is 0 Å². The van der Waals surface area contributed by atoms with Crippen LogP contribution in [0.1, 0.15) is 39.0 Å². The highest BCUT2D eigenvalue weighted by atomic mass is 16.5. The van der Waals surface area contributed by atoms with Crippen LogP contribution in [0.2, 0.25) is 0 Å². The average molecular weight is 249 g/mol. The summed E-state index contributed by atoms with van der Waals surface area (Å²) in [6.07, 6.45) is 4.76. The van der Waals surface area contributed by atoms with Crippen molar-refractivity contribution < 1.29 is 9.53 Å². The summed E-state index contributed by atoms with van der Waals surface area (Å²) in [7, 11) is 0. The van der Waals surface area contributed by atoms with Crippen LogP contribution < -0.4 is 10.1 Å². The number of amides is 1. The van der Waals surface area contributed by atoms with Crippen molar-refractivity contribution >= 4 is 5.91 Å². The van der Waals surface area contributed by atoms with E-state index >= 15 is 0 Å². The topological polar surface area (TPSA) is 38.3 Å². The molecule has 0 heterocycles. The molecule has 1 N–H and O–H groups in total. The second kappa shape index (κ2) is 9.51. The van der Waals surface area contributed by atoms with Crippen LogP contribution in [-0.4, -0.2) is 19.1 Å². The summed E-state index contributed by atoms with van der Waals surface area (Å²) in [6, 6.07) is 9.73. The summed E-state index contributed by atoms with van der Waals surface area (Å²) in [5.74, 6) is 1.04. The highest BCUT2D eigenvalue weighted by molar-refractivity contribution is 5.75. The van der Waals surface area contributed by atoms with Crippen molar-refractivity contribution in [1.29, 1.82) is 0 Å². The van der Waals surface area contributed by atoms with Gasteiger partial charge in [-0.15, -0.1) is 0 Å². The van der Waals surface area contributed by atoms with Crippen molar-refractivity contribution in [3.05, 3.63) is 30.3 Å². The van der Waals surface area contributed by atoms with E-state index in [9.17, 15) is 4.79 Å². The predicted molar refractivity (Wildman–Crippen MR) is 73.7 cm³/mol. The maximum atomic E-state index is 11.4. The molecule has 1 amide bonds. The SMILES string of the molecule is CCCCCC(=O)NCCCOc1ccccc1. The lowest BCUT2D eigenvalue weighted by Gasteiger charge is -2.07. The van der Waals surface area contributed by atoms with Crippen molar-refractivity contribution in [2.75, 3.05) is 13.2 Å². The van der Waals surface area contributed by atoms with E-state index in [2.05, 4.69) is 12.2 Å². The first-order valence-corrected chi connectivity index (χ1v) is 6.77. The molecule has 0 saturated heterocycles. The van der Waals surface area contributed by atoms with Crippen LogP contribution in [0.15, 0.2) is 30.3 Å². The molecule has 0 atom stereocenters. The molecule has 0 aromatic heterocycles. The van der Waals surface area contributed by atoms with E-state index in [4.69, 9.17) is 4.74 Å². The van der Waals surface area contributed by atoms with E-state index in [0.29, 0.717) is 19.6 Å². The fourth-order valence-corrected chi connectivity index (χ4v) is 1.63. The zero-order chi connectivity index (χ0) is 13.1. The highest BCUT2D eigenvalue weighted by Gasteiger charge is 1.99. The molecule has 0 spiro atoms. The zero-order valence-electron chi connectivity index (χ0n) is 11.2. The molecule has 0 unspecified atom stereocenters. The Morgan fingerprint density at radius 3 is 2.67 bits per heavy atom. The van der Waals surface area contributed by atoms with Gasteiger partial charge in [-0.2, -0.15) is 0 Å². The minimum atomic E-state index is 0.156. The van der Waals surface area contributed by atoms with Gasteiger partial charge in [-0.1, -0.05) is 38.0 Å². The van der Waals surface area contributed by atoms with E-state index in [1.165, 1.54) is 0 Å². The molecular formula is C15H23NO2. The normalized spacial score (nSPS) is 10.1. The largest absolute Gasteiger partial charge is 0.494 e. The molecule has 0 fully saturated rings. The monoisotopic (exact) mass is 249 g/mol. The lowest BCUT2D eigenvalue weighted by molar-refractivity contribution is -0.121. The number of para-hydroxylation sites is 1. The quantitative estimate of drug-likeness (QED) is 0.683. The zero-order valence-corrected chi connectivity index (χ0v) is 11.2. The van der Waals surface area contributed by atoms with Crippen molar-refractivity contribution in [1.82, 2.24) is 5.32 Å². The fraction of sp³-hybridized carbons (Fsp3) is 0.533. The number of benzene rings is 1. The molecule has 3 nitrogen and oxygen atoms in total. The number of unbranched alkanes of at least 4 members (excludes halogenated alkanes) is 2. The Bertz CT molecular complexity index is 325. The number of nitrogens with one attached hydrogen (secondary N) is 1. The first kappa shape index (κ1) is 14.6. The molecule has 3 heteroatoms. The van der Waals surface area contributed by atoms with Gasteiger partial charge in [-0.05, 0) is 25.0 Å². The Hall–Kier alpha value is -1.51. The minimum absolute atomic E-state index is 0.156. The van der Waals surface area contributed by atoms with Crippen LogP contribution in [0, 0.1) is 0 Å². The van der Waals surface area contributed by atoms with Gasteiger partial charge >= 0.3 is 0 Å². The summed E-state index contributed by atoms with van der Waals surface area (Å²) in [6.45, 7) is 3.47. The first-order valence-electron chi connectivity index (χ1n) is 6.77. The smallest absolute Gasteiger partial charge is 0.219 e. The molecule has 1 aromatic rings. The van der Waals surface area contributed by atoms with Crippen LogP contribution >= 0.6 is 0 Å². The lowest BCUT2D eigenvalue weighted by atomic mass is 10.2. The standard InChI is InChI=1S/C15H23NO2/c1-2-3-5-11-15(17)16-12-8-13-18-14-9-6-4-7-10-14/h4,6-7,9-10H,2-3,5,8,11-13H2,1H3,(H,16,17). The molecule has 0 bridgehead atoms. The van der Waals surface area contributed by atoms with Gasteiger partial charge in [-0.25, -0.2) is 0 Å². The van der Waals surface area contributed by atoms with Gasteiger partial charge in [0.05, 0.1) is 6.61 Å². The number of carbonyl (C=O) groups excluding carboxylic acids is 1. The number of carbonyl (C=O) groups is 1. The van der Waals surface area contributed by atoms with Crippen LogP contribution in [0.4, 0.5) is 0 Å². The van der Waals surface area contributed by atoms with Gasteiger partial charge in [0.15, 0.2) is 0 Å². The van der Waals surface area contributed by atoms with Gasteiger partial charge in [0.1, 0.15) is 5.75 Å². The predicted octanol–water partition coefficient (Wildman–Crippen LogP) is 3.15. The summed E-state index contributed by atoms with van der Waals surface area (Å²) in [5.41, 5.74) is 0. The Balaban J connectivity index is 1.97. The first-order chi connectivity index (χ1) is 8.83. The summed E-state index contributed by atoms with van der Waals surface area (Å²) in [4.78, 5) is 11.4. The Kier molecular flexibility index (Phi) is 7.69. The molecule has 1 rings (SSSR count). The second-order valence-electron chi connectivity index (χ2n) is 4.32. The minimum Gasteiger partial charge on any atom is -0.494 e. The molecule has 0 saturated carbocycles. The van der Waals surface area contributed by atoms with Gasteiger partial charge in [0, 0.05) is 13.0 Å². The van der Waals surface area contributed by atoms with Crippen LogP contribution in [0.3, 0.4) is 0 Å². The second-order valence-corrected chi connectivity index (χ2v) is 4.32. The van der Waals surface area contributed by atoms with Gasteiger partial charge in [-0.3, -0.25) is 4.79 Å². The van der Waals surface area contributed by atoms with E-state index in [-0.39, 0.29) is 5.91 Å². The van der Waals surface area contributed by atoms with Crippen LogP contribution in [-0.2, 0) is 4.79 Å². The highest BCUT2D eigenvalue weighted by Crippen LogP contribution is 2.08. The molecule has 1 aromatic carbocycles. The van der Waals surface area contributed by atoms with Crippen LogP contribution in [0.5, 0.6) is 5.75 Å². The molecule has 100 valence electrons. The maximum absolute atomic E-state index is 11.4. The fourth-order valence-electron chi connectivity index (χ4n) is 1.63. The maximum Gasteiger partial charge on any atom is 0.219 e. The molecule has 0 aliphatic rings. The number of rotatable bonds is 9. The van der Waals surface area contributed by atoms with Crippen molar-refractivity contribution in [2.45, 2.75) is 39.0 Å². The Labute approximate surface area is 110 Å². The summed E-state index contributed by atoms with van der Waals surface area (Å²) < 4.78 is 5.54. The molecule has 0 aliphatic heterocycles. The molecule has 0 radical (unpaired) electrons. The molecule has 0 aliphatic carbocycles. The molecule has 18 heavy (non-hydrogen) atoms. The molecular weight excluding hydrogens is 226 g/mol. The van der Waals surface area contributed by atoms with E-state index < -0.39 is 0 Å². The van der Waals surface area contributed by atoms with Gasteiger partial charge < -0.3 is 10.1 Å². The number of hydrogen-bond donors (Lipinski definition) is 1. The van der Waals surface area contributed by atoms with Crippen molar-refractivity contribution in [3.8, 4) is 5.75 Å².